The van der Waals surface area contributed by atoms with Gasteiger partial charge in [-0.3, -0.25) is 0 Å². The Morgan fingerprint density at radius 3 is 2.75 bits per heavy atom. The van der Waals surface area contributed by atoms with Crippen LogP contribution in [0.3, 0.4) is 0 Å². The summed E-state index contributed by atoms with van der Waals surface area (Å²) in [5.41, 5.74) is 0. The predicted octanol–water partition coefficient (Wildman–Crippen LogP) is 1.28. The molecule has 3 unspecified atom stereocenters. The topological polar surface area (TPSA) is 46.5 Å². The van der Waals surface area contributed by atoms with Crippen LogP contribution in [-0.2, 0) is 9.53 Å². The van der Waals surface area contributed by atoms with Gasteiger partial charge in [0.25, 0.3) is 0 Å². The summed E-state index contributed by atoms with van der Waals surface area (Å²) in [7, 11) is 0. The van der Waals surface area contributed by atoms with Crippen molar-refractivity contribution < 1.29 is 14.6 Å². The number of fused-ring (bicyclic) bond motifs is 2. The van der Waals surface area contributed by atoms with Crippen LogP contribution in [0.5, 0.6) is 0 Å². The largest absolute Gasteiger partial charge is 0.480 e. The van der Waals surface area contributed by atoms with E-state index in [9.17, 15) is 4.79 Å². The van der Waals surface area contributed by atoms with Crippen molar-refractivity contribution in [2.24, 2.45) is 11.8 Å². The second-order valence-corrected chi connectivity index (χ2v) is 3.92. The first kappa shape index (κ1) is 8.05. The zero-order valence-electron chi connectivity index (χ0n) is 7.03. The van der Waals surface area contributed by atoms with Crippen LogP contribution in [0.25, 0.3) is 0 Å². The van der Waals surface area contributed by atoms with Crippen LogP contribution in [0, 0.1) is 11.8 Å². The number of carbonyl (C=O) groups is 1. The molecule has 2 aliphatic rings. The molecule has 0 amide bonds. The molecule has 2 aliphatic carbocycles. The molecule has 0 saturated heterocycles. The summed E-state index contributed by atoms with van der Waals surface area (Å²) in [4.78, 5) is 10.2. The zero-order chi connectivity index (χ0) is 8.55. The van der Waals surface area contributed by atoms with E-state index < -0.39 is 5.97 Å². The summed E-state index contributed by atoms with van der Waals surface area (Å²) >= 11 is 0. The summed E-state index contributed by atoms with van der Waals surface area (Å²) < 4.78 is 5.30. The van der Waals surface area contributed by atoms with Crippen LogP contribution in [-0.4, -0.2) is 23.8 Å². The van der Waals surface area contributed by atoms with Gasteiger partial charge in [0.1, 0.15) is 6.61 Å². The fourth-order valence-electron chi connectivity index (χ4n) is 2.57. The quantitative estimate of drug-likeness (QED) is 0.694. The molecule has 2 fully saturated rings. The smallest absolute Gasteiger partial charge is 0.329 e. The van der Waals surface area contributed by atoms with E-state index in [0.717, 1.165) is 12.3 Å². The Hall–Kier alpha value is -0.570. The summed E-state index contributed by atoms with van der Waals surface area (Å²) in [6, 6.07) is 0. The molecule has 3 nitrogen and oxygen atoms in total. The van der Waals surface area contributed by atoms with Crippen molar-refractivity contribution in [3.8, 4) is 0 Å². The van der Waals surface area contributed by atoms with Gasteiger partial charge in [0.15, 0.2) is 0 Å². The van der Waals surface area contributed by atoms with E-state index in [1.807, 2.05) is 0 Å². The third-order valence-electron chi connectivity index (χ3n) is 3.09. The minimum atomic E-state index is -0.849. The Morgan fingerprint density at radius 1 is 1.42 bits per heavy atom. The van der Waals surface area contributed by atoms with E-state index in [2.05, 4.69) is 0 Å². The summed E-state index contributed by atoms with van der Waals surface area (Å²) in [6.07, 6.45) is 5.19. The lowest BCUT2D eigenvalue weighted by atomic mass is 9.98. The lowest BCUT2D eigenvalue weighted by Gasteiger charge is -2.20. The van der Waals surface area contributed by atoms with Crippen LogP contribution < -0.4 is 0 Å². The molecule has 0 aromatic carbocycles. The highest BCUT2D eigenvalue weighted by Crippen LogP contribution is 2.45. The highest BCUT2D eigenvalue weighted by molar-refractivity contribution is 5.68. The second kappa shape index (κ2) is 3.05. The first-order valence-electron chi connectivity index (χ1n) is 4.59. The highest BCUT2D eigenvalue weighted by atomic mass is 16.5. The number of rotatable bonds is 3. The molecular weight excluding hydrogens is 156 g/mol. The van der Waals surface area contributed by atoms with Gasteiger partial charge in [-0.15, -0.1) is 0 Å². The van der Waals surface area contributed by atoms with E-state index in [1.165, 1.54) is 19.3 Å². The average Bonchev–Trinajstić information content (AvgIpc) is 2.60. The highest BCUT2D eigenvalue weighted by Gasteiger charge is 2.40. The summed E-state index contributed by atoms with van der Waals surface area (Å²) in [5.74, 6) is 0.640. The molecule has 0 aromatic rings. The molecule has 0 radical (unpaired) electrons. The maximum atomic E-state index is 10.2. The minimum absolute atomic E-state index is 0.117. The van der Waals surface area contributed by atoms with Gasteiger partial charge in [0.2, 0.25) is 0 Å². The molecule has 0 aromatic heterocycles. The van der Waals surface area contributed by atoms with E-state index in [-0.39, 0.29) is 12.7 Å². The van der Waals surface area contributed by atoms with Crippen molar-refractivity contribution in [3.63, 3.8) is 0 Å². The number of aliphatic carboxylic acids is 1. The first-order chi connectivity index (χ1) is 5.75. The minimum Gasteiger partial charge on any atom is -0.480 e. The van der Waals surface area contributed by atoms with Crippen LogP contribution in [0.2, 0.25) is 0 Å². The molecule has 3 heteroatoms. The van der Waals surface area contributed by atoms with E-state index in [4.69, 9.17) is 9.84 Å². The maximum Gasteiger partial charge on any atom is 0.329 e. The van der Waals surface area contributed by atoms with Crippen LogP contribution in [0.15, 0.2) is 0 Å². The molecular formula is C9H14O3. The van der Waals surface area contributed by atoms with Crippen LogP contribution in [0.1, 0.15) is 25.7 Å². The van der Waals surface area contributed by atoms with Crippen LogP contribution >= 0.6 is 0 Å². The molecule has 0 heterocycles. The third kappa shape index (κ3) is 1.46. The van der Waals surface area contributed by atoms with Gasteiger partial charge in [-0.25, -0.2) is 4.79 Å². The van der Waals surface area contributed by atoms with Gasteiger partial charge < -0.3 is 9.84 Å². The standard InChI is InChI=1S/C9H14O3/c10-9(11)5-12-8-4-6-1-2-7(8)3-6/h6-8H,1-5H2,(H,10,11). The lowest BCUT2D eigenvalue weighted by Crippen LogP contribution is -2.23. The number of hydrogen-bond donors (Lipinski definition) is 1. The van der Waals surface area contributed by atoms with Crippen molar-refractivity contribution >= 4 is 5.97 Å². The molecule has 3 atom stereocenters. The first-order valence-corrected chi connectivity index (χ1v) is 4.59. The molecule has 0 aliphatic heterocycles. The predicted molar refractivity (Wildman–Crippen MR) is 42.8 cm³/mol. The monoisotopic (exact) mass is 170 g/mol. The van der Waals surface area contributed by atoms with Gasteiger partial charge in [-0.1, -0.05) is 0 Å². The normalized spacial score (nSPS) is 38.8. The molecule has 68 valence electrons. The second-order valence-electron chi connectivity index (χ2n) is 3.92. The SMILES string of the molecule is O=C(O)COC1CC2CCC1C2. The third-order valence-corrected chi connectivity index (χ3v) is 3.09. The van der Waals surface area contributed by atoms with E-state index in [0.29, 0.717) is 5.92 Å². The molecule has 2 bridgehead atoms. The van der Waals surface area contributed by atoms with Crippen molar-refractivity contribution in [3.05, 3.63) is 0 Å². The van der Waals surface area contributed by atoms with Gasteiger partial charge in [-0.2, -0.15) is 0 Å². The zero-order valence-corrected chi connectivity index (χ0v) is 7.03. The number of carboxylic acids is 1. The lowest BCUT2D eigenvalue weighted by molar-refractivity contribution is -0.145. The Morgan fingerprint density at radius 2 is 2.25 bits per heavy atom. The van der Waals surface area contributed by atoms with Gasteiger partial charge in [0, 0.05) is 0 Å². The fourth-order valence-corrected chi connectivity index (χ4v) is 2.57. The maximum absolute atomic E-state index is 10.2. The number of ether oxygens (including phenoxy) is 1. The van der Waals surface area contributed by atoms with Gasteiger partial charge in [-0.05, 0) is 37.5 Å². The Kier molecular flexibility index (Phi) is 2.05. The molecule has 2 rings (SSSR count). The Balaban J connectivity index is 1.79. The molecule has 2 saturated carbocycles. The average molecular weight is 170 g/mol. The van der Waals surface area contributed by atoms with E-state index in [1.54, 1.807) is 0 Å². The number of hydrogen-bond acceptors (Lipinski definition) is 2. The van der Waals surface area contributed by atoms with Crippen molar-refractivity contribution in [2.75, 3.05) is 6.61 Å². The summed E-state index contributed by atoms with van der Waals surface area (Å²) in [5, 5.41) is 8.42. The molecule has 0 spiro atoms. The molecule has 12 heavy (non-hydrogen) atoms. The Labute approximate surface area is 71.7 Å². The Bertz CT molecular complexity index is 190. The van der Waals surface area contributed by atoms with Crippen LogP contribution in [0.4, 0.5) is 0 Å². The fraction of sp³-hybridized carbons (Fsp3) is 0.889. The van der Waals surface area contributed by atoms with Gasteiger partial charge >= 0.3 is 5.97 Å². The van der Waals surface area contributed by atoms with E-state index >= 15 is 0 Å². The van der Waals surface area contributed by atoms with Gasteiger partial charge in [0.05, 0.1) is 6.10 Å². The van der Waals surface area contributed by atoms with Crippen molar-refractivity contribution in [2.45, 2.75) is 31.8 Å². The molecule has 1 N–H and O–H groups in total. The van der Waals surface area contributed by atoms with Crippen molar-refractivity contribution in [1.82, 2.24) is 0 Å². The number of carboxylic acid groups (broad SMARTS) is 1. The summed E-state index contributed by atoms with van der Waals surface area (Å²) in [6.45, 7) is -0.117. The van der Waals surface area contributed by atoms with Crippen molar-refractivity contribution in [1.29, 1.82) is 0 Å².